The Morgan fingerprint density at radius 3 is 1.92 bits per heavy atom. The summed E-state index contributed by atoms with van der Waals surface area (Å²) in [6.45, 7) is 0. The molecule has 3 aromatic rings. The van der Waals surface area contributed by atoms with Gasteiger partial charge in [0.2, 0.25) is 0 Å². The van der Waals surface area contributed by atoms with Gasteiger partial charge in [0.1, 0.15) is 0 Å². The third-order valence-corrected chi connectivity index (χ3v) is 4.48. The van der Waals surface area contributed by atoms with E-state index >= 15 is 0 Å². The molecule has 0 amide bonds. The largest absolute Gasteiger partial charge is 0.504 e. The van der Waals surface area contributed by atoms with Gasteiger partial charge in [-0.1, -0.05) is 54.6 Å². The Bertz CT molecular complexity index is 827. The predicted octanol–water partition coefficient (Wildman–Crippen LogP) is 4.91. The van der Waals surface area contributed by atoms with Crippen LogP contribution in [0.25, 0.3) is 11.1 Å². The quantitative estimate of drug-likeness (QED) is 0.341. The number of anilines is 1. The number of nitrogens with two attached hydrogens (primary N) is 1. The minimum Gasteiger partial charge on any atom is -0.504 e. The molecule has 0 radical (unpaired) electrons. The number of nitrogen functional groups attached to an aromatic ring is 1. The second-order valence-electron chi connectivity index (χ2n) is 6.28. The van der Waals surface area contributed by atoms with Crippen LogP contribution in [0.3, 0.4) is 0 Å². The standard InChI is InChI=1S/C22H23NO2/c23-21-19(14-15-20(24)22(21)25)18-12-10-17(11-13-18)9-5-4-8-16-6-2-1-3-7-16/h1-3,6-7,10-15,24-25H,4-5,8-9,23H2. The summed E-state index contributed by atoms with van der Waals surface area (Å²) in [5, 5.41) is 19.3. The summed E-state index contributed by atoms with van der Waals surface area (Å²) in [7, 11) is 0. The zero-order chi connectivity index (χ0) is 17.6. The molecule has 0 aliphatic rings. The molecule has 3 aromatic carbocycles. The summed E-state index contributed by atoms with van der Waals surface area (Å²) in [6, 6.07) is 22.0. The summed E-state index contributed by atoms with van der Waals surface area (Å²) in [6.07, 6.45) is 4.48. The fourth-order valence-electron chi connectivity index (χ4n) is 3.00. The number of phenols is 2. The molecule has 0 unspecified atom stereocenters. The van der Waals surface area contributed by atoms with Crippen molar-refractivity contribution in [2.24, 2.45) is 0 Å². The number of aromatic hydroxyl groups is 2. The van der Waals surface area contributed by atoms with Crippen molar-refractivity contribution in [3.63, 3.8) is 0 Å². The van der Waals surface area contributed by atoms with Crippen molar-refractivity contribution >= 4 is 5.69 Å². The van der Waals surface area contributed by atoms with Crippen LogP contribution < -0.4 is 5.73 Å². The van der Waals surface area contributed by atoms with E-state index in [0.29, 0.717) is 0 Å². The number of hydrogen-bond donors (Lipinski definition) is 3. The molecule has 128 valence electrons. The lowest BCUT2D eigenvalue weighted by Crippen LogP contribution is -1.92. The van der Waals surface area contributed by atoms with Crippen LogP contribution in [0, 0.1) is 0 Å². The highest BCUT2D eigenvalue weighted by Gasteiger charge is 2.10. The SMILES string of the molecule is Nc1c(-c2ccc(CCCCc3ccccc3)cc2)ccc(O)c1O. The number of rotatable bonds is 6. The van der Waals surface area contributed by atoms with Crippen LogP contribution in [0.15, 0.2) is 66.7 Å². The van der Waals surface area contributed by atoms with Gasteiger partial charge in [-0.3, -0.25) is 0 Å². The number of benzene rings is 3. The van der Waals surface area contributed by atoms with Crippen molar-refractivity contribution in [2.45, 2.75) is 25.7 Å². The summed E-state index contributed by atoms with van der Waals surface area (Å²) in [4.78, 5) is 0. The maximum atomic E-state index is 9.77. The molecule has 0 heterocycles. The molecule has 0 fully saturated rings. The lowest BCUT2D eigenvalue weighted by molar-refractivity contribution is 0.406. The third kappa shape index (κ3) is 4.13. The van der Waals surface area contributed by atoms with E-state index in [2.05, 4.69) is 36.4 Å². The van der Waals surface area contributed by atoms with Crippen LogP contribution in [-0.2, 0) is 12.8 Å². The molecule has 0 saturated heterocycles. The lowest BCUT2D eigenvalue weighted by atomic mass is 9.99. The Morgan fingerprint density at radius 1 is 0.680 bits per heavy atom. The van der Waals surface area contributed by atoms with Crippen LogP contribution in [0.5, 0.6) is 11.5 Å². The number of phenolic OH excluding ortho intramolecular Hbond substituents is 2. The van der Waals surface area contributed by atoms with Crippen LogP contribution >= 0.6 is 0 Å². The van der Waals surface area contributed by atoms with E-state index in [-0.39, 0.29) is 17.2 Å². The average molecular weight is 333 g/mol. The summed E-state index contributed by atoms with van der Waals surface area (Å²) < 4.78 is 0. The van der Waals surface area contributed by atoms with E-state index in [1.165, 1.54) is 23.6 Å². The Morgan fingerprint density at radius 2 is 1.28 bits per heavy atom. The summed E-state index contributed by atoms with van der Waals surface area (Å²) in [5.74, 6) is -0.459. The van der Waals surface area contributed by atoms with Crippen LogP contribution in [0.1, 0.15) is 24.0 Å². The average Bonchev–Trinajstić information content (AvgIpc) is 2.65. The molecule has 3 rings (SSSR count). The van der Waals surface area contributed by atoms with Gasteiger partial charge in [-0.2, -0.15) is 0 Å². The molecule has 0 aliphatic carbocycles. The Balaban J connectivity index is 1.58. The van der Waals surface area contributed by atoms with E-state index in [9.17, 15) is 10.2 Å². The number of unbranched alkanes of at least 4 members (excludes halogenated alkanes) is 1. The zero-order valence-corrected chi connectivity index (χ0v) is 14.2. The van der Waals surface area contributed by atoms with E-state index in [1.54, 1.807) is 6.07 Å². The molecule has 0 atom stereocenters. The van der Waals surface area contributed by atoms with Crippen LogP contribution in [0.4, 0.5) is 5.69 Å². The van der Waals surface area contributed by atoms with Gasteiger partial charge in [-0.25, -0.2) is 0 Å². The normalized spacial score (nSPS) is 10.7. The first-order chi connectivity index (χ1) is 12.1. The first-order valence-electron chi connectivity index (χ1n) is 8.59. The van der Waals surface area contributed by atoms with Gasteiger partial charge < -0.3 is 15.9 Å². The second kappa shape index (κ2) is 7.75. The molecule has 25 heavy (non-hydrogen) atoms. The molecule has 0 aliphatic heterocycles. The molecule has 0 aromatic heterocycles. The minimum atomic E-state index is -0.262. The summed E-state index contributed by atoms with van der Waals surface area (Å²) >= 11 is 0. The van der Waals surface area contributed by atoms with Crippen molar-refractivity contribution in [1.82, 2.24) is 0 Å². The van der Waals surface area contributed by atoms with Crippen molar-refractivity contribution in [3.8, 4) is 22.6 Å². The van der Waals surface area contributed by atoms with E-state index in [1.807, 2.05) is 18.2 Å². The number of aryl methyl sites for hydroxylation is 2. The Hall–Kier alpha value is -2.94. The molecule has 0 spiro atoms. The smallest absolute Gasteiger partial charge is 0.181 e. The summed E-state index contributed by atoms with van der Waals surface area (Å²) in [5.41, 5.74) is 10.4. The molecule has 3 heteroatoms. The fourth-order valence-corrected chi connectivity index (χ4v) is 3.00. The topological polar surface area (TPSA) is 66.5 Å². The predicted molar refractivity (Wildman–Crippen MR) is 103 cm³/mol. The third-order valence-electron chi connectivity index (χ3n) is 4.48. The first kappa shape index (κ1) is 16.9. The Labute approximate surface area is 148 Å². The van der Waals surface area contributed by atoms with Gasteiger partial charge in [-0.15, -0.1) is 0 Å². The van der Waals surface area contributed by atoms with Crippen LogP contribution in [-0.4, -0.2) is 10.2 Å². The van der Waals surface area contributed by atoms with Gasteiger partial charge in [0, 0.05) is 5.56 Å². The van der Waals surface area contributed by atoms with Gasteiger partial charge >= 0.3 is 0 Å². The molecular formula is C22H23NO2. The zero-order valence-electron chi connectivity index (χ0n) is 14.2. The first-order valence-corrected chi connectivity index (χ1v) is 8.59. The van der Waals surface area contributed by atoms with Gasteiger partial charge in [0.15, 0.2) is 11.5 Å². The maximum absolute atomic E-state index is 9.77. The monoisotopic (exact) mass is 333 g/mol. The van der Waals surface area contributed by atoms with Gasteiger partial charge in [0.25, 0.3) is 0 Å². The highest BCUT2D eigenvalue weighted by molar-refractivity contribution is 5.82. The van der Waals surface area contributed by atoms with Crippen LogP contribution in [0.2, 0.25) is 0 Å². The highest BCUT2D eigenvalue weighted by atomic mass is 16.3. The molecule has 0 bridgehead atoms. The van der Waals surface area contributed by atoms with Crippen molar-refractivity contribution in [3.05, 3.63) is 77.9 Å². The second-order valence-corrected chi connectivity index (χ2v) is 6.28. The highest BCUT2D eigenvalue weighted by Crippen LogP contribution is 2.38. The van der Waals surface area contributed by atoms with Crippen molar-refractivity contribution in [1.29, 1.82) is 0 Å². The molecule has 0 saturated carbocycles. The maximum Gasteiger partial charge on any atom is 0.181 e. The van der Waals surface area contributed by atoms with Crippen molar-refractivity contribution < 1.29 is 10.2 Å². The minimum absolute atomic E-state index is 0.198. The molecule has 4 N–H and O–H groups in total. The number of hydrogen-bond acceptors (Lipinski definition) is 3. The van der Waals surface area contributed by atoms with Gasteiger partial charge in [-0.05, 0) is 54.5 Å². The van der Waals surface area contributed by atoms with Gasteiger partial charge in [0.05, 0.1) is 5.69 Å². The van der Waals surface area contributed by atoms with E-state index in [4.69, 9.17) is 5.73 Å². The molecule has 3 nitrogen and oxygen atoms in total. The van der Waals surface area contributed by atoms with Crippen molar-refractivity contribution in [2.75, 3.05) is 5.73 Å². The van der Waals surface area contributed by atoms with E-state index < -0.39 is 0 Å². The van der Waals surface area contributed by atoms with E-state index in [0.717, 1.165) is 30.4 Å². The Kier molecular flexibility index (Phi) is 5.24. The lowest BCUT2D eigenvalue weighted by Gasteiger charge is -2.10. The molecular weight excluding hydrogens is 310 g/mol. The fraction of sp³-hybridized carbons (Fsp3) is 0.182.